The maximum atomic E-state index is 10.8. The Bertz CT molecular complexity index is 418. The zero-order chi connectivity index (χ0) is 18.1. The van der Waals surface area contributed by atoms with Crippen LogP contribution in [0, 0.1) is 23.7 Å². The van der Waals surface area contributed by atoms with Crippen LogP contribution in [0.15, 0.2) is 0 Å². The van der Waals surface area contributed by atoms with Crippen molar-refractivity contribution in [1.82, 2.24) is 0 Å². The third-order valence-electron chi connectivity index (χ3n) is 6.15. The molecule has 26 heavy (non-hydrogen) atoms. The molecule has 5 unspecified atom stereocenters. The van der Waals surface area contributed by atoms with E-state index in [0.717, 1.165) is 36.5 Å². The minimum Gasteiger partial charge on any atom is -0.780 e. The average molecular weight is 429 g/mol. The van der Waals surface area contributed by atoms with Gasteiger partial charge in [-0.15, -0.1) is 0 Å². The molecule has 0 aromatic carbocycles. The molecule has 0 heterocycles. The van der Waals surface area contributed by atoms with E-state index in [9.17, 15) is 4.89 Å². The van der Waals surface area contributed by atoms with Gasteiger partial charge in [0.25, 0.3) is 0 Å². The van der Waals surface area contributed by atoms with Gasteiger partial charge in [-0.3, -0.25) is 0 Å². The van der Waals surface area contributed by atoms with Gasteiger partial charge >= 0.3 is 51.4 Å². The first-order chi connectivity index (χ1) is 12.0. The average Bonchev–Trinajstić information content (AvgIpc) is 3.45. The summed E-state index contributed by atoms with van der Waals surface area (Å²) in [6.45, 7) is -1.06. The summed E-state index contributed by atoms with van der Waals surface area (Å²) in [6, 6.07) is 0. The molecule has 0 aliphatic heterocycles. The normalized spacial score (nSPS) is 29.0. The first kappa shape index (κ1) is 26.2. The Balaban J connectivity index is 0.00000338. The van der Waals surface area contributed by atoms with Crippen molar-refractivity contribution in [3.8, 4) is 0 Å². The summed E-state index contributed by atoms with van der Waals surface area (Å²) in [4.78, 5) is 19.6. The van der Waals surface area contributed by atoms with Crippen LogP contribution in [-0.2, 0) is 16.3 Å². The summed E-state index contributed by atoms with van der Waals surface area (Å²) < 4.78 is 4.71. The van der Waals surface area contributed by atoms with Crippen LogP contribution in [0.2, 0.25) is 0 Å². The third kappa shape index (κ3) is 12.7. The van der Waals surface area contributed by atoms with Gasteiger partial charge < -0.3 is 14.3 Å². The van der Waals surface area contributed by atoms with Gasteiger partial charge in [-0.2, -0.15) is 0 Å². The second-order valence-corrected chi connectivity index (χ2v) is 11.0. The molecule has 2 saturated carbocycles. The number of unbranched alkanes of at least 4 members (excludes halogenated alkanes) is 7. The molecule has 148 valence electrons. The van der Waals surface area contributed by atoms with Gasteiger partial charge in [-0.1, -0.05) is 82.9 Å². The molecule has 3 nitrogen and oxygen atoms in total. The molecular weight excluding hydrogens is 390 g/mol. The van der Waals surface area contributed by atoms with E-state index in [1.807, 2.05) is 0 Å². The van der Waals surface area contributed by atoms with E-state index >= 15 is 0 Å². The predicted molar refractivity (Wildman–Crippen MR) is 107 cm³/mol. The first-order valence-corrected chi connectivity index (χ1v) is 13.3. The van der Waals surface area contributed by atoms with Crippen LogP contribution in [0.4, 0.5) is 0 Å². The van der Waals surface area contributed by atoms with Gasteiger partial charge in [-0.25, -0.2) is 0 Å². The standard InChI is InChI=1S/C20H39O3PS.K/c1-2-3-8-11-17-14-19(17)16-20-15-18(20)12-9-6-4-5-7-10-13-23-24(21,22)25;/h17-20H,2-16H2,1H3,(H2,21,22,25);/q;+1/p-1. The van der Waals surface area contributed by atoms with Crippen LogP contribution in [0.3, 0.4) is 0 Å². The SMILES string of the molecule is CCCCCC1CC1CC1CC1CCCCCCCCOP([O-])(O)=S.[K+]. The Morgan fingerprint density at radius 3 is 1.92 bits per heavy atom. The van der Waals surface area contributed by atoms with E-state index in [4.69, 9.17) is 9.42 Å². The molecule has 2 aliphatic rings. The largest absolute Gasteiger partial charge is 1.00 e. The molecule has 2 aliphatic carbocycles. The van der Waals surface area contributed by atoms with Crippen molar-refractivity contribution in [3.05, 3.63) is 0 Å². The van der Waals surface area contributed by atoms with Crippen molar-refractivity contribution in [2.24, 2.45) is 23.7 Å². The Morgan fingerprint density at radius 2 is 1.38 bits per heavy atom. The summed E-state index contributed by atoms with van der Waals surface area (Å²) in [7, 11) is 0. The van der Waals surface area contributed by atoms with Crippen LogP contribution >= 0.6 is 6.72 Å². The topological polar surface area (TPSA) is 52.5 Å². The number of rotatable bonds is 16. The van der Waals surface area contributed by atoms with Crippen molar-refractivity contribution < 1.29 is 65.7 Å². The van der Waals surface area contributed by atoms with E-state index in [1.54, 1.807) is 6.42 Å². The molecule has 0 aromatic rings. The van der Waals surface area contributed by atoms with Crippen LogP contribution in [0.25, 0.3) is 0 Å². The maximum absolute atomic E-state index is 10.8. The summed E-state index contributed by atoms with van der Waals surface area (Å²) in [5.74, 6) is 4.32. The zero-order valence-corrected chi connectivity index (χ0v) is 21.9. The zero-order valence-electron chi connectivity index (χ0n) is 17.0. The predicted octanol–water partition coefficient (Wildman–Crippen LogP) is 2.56. The Kier molecular flexibility index (Phi) is 14.3. The van der Waals surface area contributed by atoms with E-state index in [1.165, 1.54) is 70.6 Å². The number of hydrogen-bond acceptors (Lipinski definition) is 3. The fraction of sp³-hybridized carbons (Fsp3) is 1.00. The van der Waals surface area contributed by atoms with Crippen molar-refractivity contribution >= 4 is 18.5 Å². The molecule has 0 aromatic heterocycles. The van der Waals surface area contributed by atoms with Crippen molar-refractivity contribution in [2.45, 2.75) is 96.8 Å². The molecule has 2 fully saturated rings. The van der Waals surface area contributed by atoms with Gasteiger partial charge in [0.1, 0.15) is 6.72 Å². The Labute approximate surface area is 209 Å². The second-order valence-electron chi connectivity index (χ2n) is 8.45. The minimum atomic E-state index is -3.68. The number of hydrogen-bond donors (Lipinski definition) is 1. The monoisotopic (exact) mass is 428 g/mol. The maximum Gasteiger partial charge on any atom is 1.00 e. The van der Waals surface area contributed by atoms with Gasteiger partial charge in [-0.05, 0) is 49.4 Å². The van der Waals surface area contributed by atoms with Gasteiger partial charge in [0.05, 0.1) is 6.61 Å². The fourth-order valence-corrected chi connectivity index (χ4v) is 4.93. The van der Waals surface area contributed by atoms with E-state index < -0.39 is 6.72 Å². The Morgan fingerprint density at radius 1 is 0.885 bits per heavy atom. The van der Waals surface area contributed by atoms with Crippen molar-refractivity contribution in [1.29, 1.82) is 0 Å². The van der Waals surface area contributed by atoms with Crippen LogP contribution in [-0.4, -0.2) is 11.5 Å². The van der Waals surface area contributed by atoms with Gasteiger partial charge in [0.15, 0.2) is 0 Å². The molecule has 0 bridgehead atoms. The van der Waals surface area contributed by atoms with Crippen LogP contribution < -0.4 is 56.3 Å². The molecule has 6 heteroatoms. The fourth-order valence-electron chi connectivity index (χ4n) is 4.35. The van der Waals surface area contributed by atoms with Crippen LogP contribution in [0.5, 0.6) is 0 Å². The van der Waals surface area contributed by atoms with Crippen molar-refractivity contribution in [2.75, 3.05) is 6.61 Å². The quantitative estimate of drug-likeness (QED) is 0.233. The first-order valence-electron chi connectivity index (χ1n) is 10.7. The Hall–Kier alpha value is 2.17. The summed E-state index contributed by atoms with van der Waals surface area (Å²) in [6.07, 6.45) is 18.9. The molecule has 0 spiro atoms. The molecule has 0 radical (unpaired) electrons. The summed E-state index contributed by atoms with van der Waals surface area (Å²) >= 11 is 4.31. The smallest absolute Gasteiger partial charge is 0.780 e. The van der Waals surface area contributed by atoms with E-state index in [0.29, 0.717) is 6.61 Å². The molecular formula is C20H38KO3PS. The van der Waals surface area contributed by atoms with Crippen molar-refractivity contribution in [3.63, 3.8) is 0 Å². The molecule has 2 rings (SSSR count). The van der Waals surface area contributed by atoms with Gasteiger partial charge in [0, 0.05) is 0 Å². The van der Waals surface area contributed by atoms with Crippen LogP contribution in [0.1, 0.15) is 96.8 Å². The molecule has 0 amide bonds. The van der Waals surface area contributed by atoms with E-state index in [2.05, 4.69) is 18.7 Å². The van der Waals surface area contributed by atoms with Gasteiger partial charge in [0.2, 0.25) is 0 Å². The molecule has 0 saturated heterocycles. The third-order valence-corrected chi connectivity index (χ3v) is 6.97. The summed E-state index contributed by atoms with van der Waals surface area (Å²) in [5.41, 5.74) is 0. The molecule has 1 N–H and O–H groups in total. The second kappa shape index (κ2) is 14.2. The molecule has 5 atom stereocenters. The summed E-state index contributed by atoms with van der Waals surface area (Å²) in [5, 5.41) is 0. The minimum absolute atomic E-state index is 0. The van der Waals surface area contributed by atoms with E-state index in [-0.39, 0.29) is 51.4 Å².